The van der Waals surface area contributed by atoms with Gasteiger partial charge in [0.1, 0.15) is 5.60 Å². The summed E-state index contributed by atoms with van der Waals surface area (Å²) in [5.74, 6) is 0.535. The second kappa shape index (κ2) is 10.2. The van der Waals surface area contributed by atoms with Gasteiger partial charge >= 0.3 is 6.09 Å². The minimum atomic E-state index is -0.524. The molecule has 0 atom stereocenters. The highest BCUT2D eigenvalue weighted by molar-refractivity contribution is 5.94. The molecule has 1 heterocycles. The average Bonchev–Trinajstić information content (AvgIpc) is 3.07. The Morgan fingerprint density at radius 3 is 2.73 bits per heavy atom. The van der Waals surface area contributed by atoms with Crippen LogP contribution in [0.1, 0.15) is 71.4 Å². The number of H-pyrrole nitrogens is 1. The zero-order chi connectivity index (χ0) is 18.8. The number of aromatic amines is 1. The van der Waals surface area contributed by atoms with E-state index in [-0.39, 0.29) is 0 Å². The number of aromatic nitrogens is 2. The van der Waals surface area contributed by atoms with Gasteiger partial charge in [-0.1, -0.05) is 19.3 Å². The molecule has 146 valence electrons. The van der Waals surface area contributed by atoms with Crippen molar-refractivity contribution in [1.29, 1.82) is 0 Å². The van der Waals surface area contributed by atoms with E-state index in [0.717, 1.165) is 37.8 Å². The van der Waals surface area contributed by atoms with E-state index in [1.54, 1.807) is 6.33 Å². The average molecular weight is 364 g/mol. The van der Waals surface area contributed by atoms with Crippen LogP contribution < -0.4 is 10.6 Å². The molecule has 2 rings (SSSR count). The maximum atomic E-state index is 12.1. The number of rotatable bonds is 6. The molecule has 1 fully saturated rings. The Morgan fingerprint density at radius 1 is 1.31 bits per heavy atom. The minimum Gasteiger partial charge on any atom is -0.444 e. The van der Waals surface area contributed by atoms with Crippen LogP contribution in [0.2, 0.25) is 0 Å². The molecule has 0 unspecified atom stereocenters. The highest BCUT2D eigenvalue weighted by atomic mass is 16.6. The smallest absolute Gasteiger partial charge is 0.414 e. The number of guanidine groups is 1. The van der Waals surface area contributed by atoms with E-state index >= 15 is 0 Å². The van der Waals surface area contributed by atoms with E-state index in [4.69, 9.17) is 4.74 Å². The number of carbonyl (C=O) groups is 1. The van der Waals surface area contributed by atoms with Crippen molar-refractivity contribution in [1.82, 2.24) is 20.6 Å². The van der Waals surface area contributed by atoms with E-state index < -0.39 is 11.7 Å². The maximum absolute atomic E-state index is 12.1. The van der Waals surface area contributed by atoms with Gasteiger partial charge in [0.25, 0.3) is 0 Å². The standard InChI is InChI=1S/C19H33N5O2/c1-19(2,3)26-18(25)24-17(23-15-9-5-4-6-10-15)21-12-8-7-11-16-13-20-14-22-16/h13-15H,4-12H2,1-3H3,(H,20,22)(H2,21,23,24,25). The van der Waals surface area contributed by atoms with Crippen LogP contribution in [0.15, 0.2) is 17.5 Å². The van der Waals surface area contributed by atoms with Crippen molar-refractivity contribution in [3.63, 3.8) is 0 Å². The topological polar surface area (TPSA) is 91.4 Å². The van der Waals surface area contributed by atoms with E-state index in [1.807, 2.05) is 27.0 Å². The van der Waals surface area contributed by atoms with Crippen LogP contribution in [0.5, 0.6) is 0 Å². The zero-order valence-electron chi connectivity index (χ0n) is 16.3. The Labute approximate surface area is 156 Å². The summed E-state index contributed by atoms with van der Waals surface area (Å²) in [7, 11) is 0. The number of hydrogen-bond acceptors (Lipinski definition) is 4. The summed E-state index contributed by atoms with van der Waals surface area (Å²) >= 11 is 0. The Hall–Kier alpha value is -2.05. The largest absolute Gasteiger partial charge is 0.444 e. The Kier molecular flexibility index (Phi) is 7.94. The van der Waals surface area contributed by atoms with Gasteiger partial charge in [0, 0.05) is 24.5 Å². The molecule has 1 aliphatic rings. The molecule has 0 radical (unpaired) electrons. The predicted molar refractivity (Wildman–Crippen MR) is 103 cm³/mol. The second-order valence-corrected chi connectivity index (χ2v) is 7.87. The van der Waals surface area contributed by atoms with E-state index in [1.165, 1.54) is 19.3 Å². The van der Waals surface area contributed by atoms with Crippen molar-refractivity contribution in [2.45, 2.75) is 83.8 Å². The highest BCUT2D eigenvalue weighted by Gasteiger charge is 2.20. The molecule has 1 aromatic rings. The Balaban J connectivity index is 1.82. The summed E-state index contributed by atoms with van der Waals surface area (Å²) in [6.07, 6.45) is 12.0. The van der Waals surface area contributed by atoms with Gasteiger partial charge in [0.05, 0.1) is 6.33 Å². The van der Waals surface area contributed by atoms with Gasteiger partial charge in [-0.05, 0) is 52.9 Å². The number of unbranched alkanes of at least 4 members (excludes halogenated alkanes) is 1. The number of hydrogen-bond donors (Lipinski definition) is 3. The van der Waals surface area contributed by atoms with E-state index in [0.29, 0.717) is 18.5 Å². The first kappa shape index (κ1) is 20.3. The van der Waals surface area contributed by atoms with Crippen LogP contribution in [0.25, 0.3) is 0 Å². The number of amides is 1. The lowest BCUT2D eigenvalue weighted by Gasteiger charge is -2.25. The number of carbonyl (C=O) groups excluding carboxylic acids is 1. The number of aryl methyl sites for hydroxylation is 1. The van der Waals surface area contributed by atoms with Gasteiger partial charge in [-0.25, -0.2) is 9.78 Å². The molecule has 0 spiro atoms. The van der Waals surface area contributed by atoms with Gasteiger partial charge in [0.15, 0.2) is 0 Å². The zero-order valence-corrected chi connectivity index (χ0v) is 16.3. The number of ether oxygens (including phenoxy) is 1. The van der Waals surface area contributed by atoms with Crippen LogP contribution >= 0.6 is 0 Å². The first-order valence-electron chi connectivity index (χ1n) is 9.70. The van der Waals surface area contributed by atoms with Gasteiger partial charge in [-0.3, -0.25) is 10.3 Å². The maximum Gasteiger partial charge on any atom is 0.414 e. The van der Waals surface area contributed by atoms with Crippen LogP contribution in [-0.4, -0.2) is 40.2 Å². The lowest BCUT2D eigenvalue weighted by atomic mass is 9.96. The Bertz CT molecular complexity index is 557. The number of aliphatic imine (C=N–C) groups is 1. The molecule has 1 saturated carbocycles. The normalized spacial score (nSPS) is 16.3. The molecule has 0 saturated heterocycles. The summed E-state index contributed by atoms with van der Waals surface area (Å²) in [4.78, 5) is 23.8. The minimum absolute atomic E-state index is 0.377. The van der Waals surface area contributed by atoms with Crippen molar-refractivity contribution < 1.29 is 9.53 Å². The number of imidazole rings is 1. The molecule has 0 aromatic carbocycles. The van der Waals surface area contributed by atoms with Crippen LogP contribution in [0.4, 0.5) is 4.79 Å². The molecular weight excluding hydrogens is 330 g/mol. The fourth-order valence-corrected chi connectivity index (χ4v) is 3.00. The Morgan fingerprint density at radius 2 is 2.08 bits per heavy atom. The van der Waals surface area contributed by atoms with Crippen molar-refractivity contribution in [3.05, 3.63) is 18.2 Å². The van der Waals surface area contributed by atoms with E-state index in [9.17, 15) is 4.79 Å². The van der Waals surface area contributed by atoms with Crippen LogP contribution in [0, 0.1) is 0 Å². The van der Waals surface area contributed by atoms with Crippen molar-refractivity contribution >= 4 is 12.1 Å². The van der Waals surface area contributed by atoms with Crippen molar-refractivity contribution in [3.8, 4) is 0 Å². The first-order chi connectivity index (χ1) is 12.4. The molecule has 3 N–H and O–H groups in total. The van der Waals surface area contributed by atoms with Crippen LogP contribution in [-0.2, 0) is 11.2 Å². The lowest BCUT2D eigenvalue weighted by Crippen LogP contribution is -2.47. The van der Waals surface area contributed by atoms with Gasteiger partial charge in [0.2, 0.25) is 5.96 Å². The fraction of sp³-hybridized carbons (Fsp3) is 0.737. The summed E-state index contributed by atoms with van der Waals surface area (Å²) in [5.41, 5.74) is 0.616. The third-order valence-electron chi connectivity index (χ3n) is 4.24. The summed E-state index contributed by atoms with van der Waals surface area (Å²) in [5, 5.41) is 6.19. The third-order valence-corrected chi connectivity index (χ3v) is 4.24. The number of nitrogens with zero attached hydrogens (tertiary/aromatic N) is 2. The molecule has 0 aliphatic heterocycles. The van der Waals surface area contributed by atoms with Gasteiger partial charge in [-0.2, -0.15) is 0 Å². The number of alkyl carbamates (subject to hydrolysis) is 1. The lowest BCUT2D eigenvalue weighted by molar-refractivity contribution is 0.0560. The SMILES string of the molecule is CC(C)(C)OC(=O)NC(=NCCCCc1cnc[nH]1)NC1CCCCC1. The van der Waals surface area contributed by atoms with E-state index in [2.05, 4.69) is 25.6 Å². The van der Waals surface area contributed by atoms with Crippen LogP contribution in [0.3, 0.4) is 0 Å². The van der Waals surface area contributed by atoms with Gasteiger partial charge in [-0.15, -0.1) is 0 Å². The quantitative estimate of drug-likeness (QED) is 0.409. The van der Waals surface area contributed by atoms with Gasteiger partial charge < -0.3 is 15.0 Å². The van der Waals surface area contributed by atoms with Crippen molar-refractivity contribution in [2.75, 3.05) is 6.54 Å². The summed E-state index contributed by atoms with van der Waals surface area (Å²) in [6.45, 7) is 6.23. The summed E-state index contributed by atoms with van der Waals surface area (Å²) in [6, 6.07) is 0.377. The molecule has 1 aliphatic carbocycles. The fourth-order valence-electron chi connectivity index (χ4n) is 3.00. The molecule has 1 amide bonds. The molecule has 7 heteroatoms. The third kappa shape index (κ3) is 8.36. The first-order valence-corrected chi connectivity index (χ1v) is 9.70. The predicted octanol–water partition coefficient (Wildman–Crippen LogP) is 3.54. The second-order valence-electron chi connectivity index (χ2n) is 7.87. The number of nitrogens with one attached hydrogen (secondary N) is 3. The molecule has 0 bridgehead atoms. The molecular formula is C19H33N5O2. The highest BCUT2D eigenvalue weighted by Crippen LogP contribution is 2.17. The monoisotopic (exact) mass is 363 g/mol. The van der Waals surface area contributed by atoms with Crippen molar-refractivity contribution in [2.24, 2.45) is 4.99 Å². The molecule has 26 heavy (non-hydrogen) atoms. The molecule has 1 aromatic heterocycles. The molecule has 7 nitrogen and oxygen atoms in total. The summed E-state index contributed by atoms with van der Waals surface area (Å²) < 4.78 is 5.35.